The quantitative estimate of drug-likeness (QED) is 0.734. The zero-order valence-electron chi connectivity index (χ0n) is 8.00. The van der Waals surface area contributed by atoms with Gasteiger partial charge in [-0.1, -0.05) is 6.07 Å². The first-order valence-electron chi connectivity index (χ1n) is 4.26. The number of fused-ring (bicyclic) bond motifs is 1. The van der Waals surface area contributed by atoms with Gasteiger partial charge in [-0.25, -0.2) is 4.98 Å². The van der Waals surface area contributed by atoms with Gasteiger partial charge >= 0.3 is 0 Å². The third-order valence-corrected chi connectivity index (χ3v) is 2.03. The molecule has 0 aliphatic rings. The van der Waals surface area contributed by atoms with Crippen molar-refractivity contribution in [2.45, 2.75) is 6.92 Å². The van der Waals surface area contributed by atoms with Crippen LogP contribution in [0.3, 0.4) is 0 Å². The third-order valence-electron chi connectivity index (χ3n) is 2.03. The summed E-state index contributed by atoms with van der Waals surface area (Å²) in [5, 5.41) is 0. The molecule has 1 aromatic carbocycles. The average molecular weight is 190 g/mol. The molecule has 0 radical (unpaired) electrons. The molecule has 0 bridgehead atoms. The van der Waals surface area contributed by atoms with Crippen molar-refractivity contribution >= 4 is 16.8 Å². The highest BCUT2D eigenvalue weighted by Gasteiger charge is 2.09. The van der Waals surface area contributed by atoms with Gasteiger partial charge < -0.3 is 9.72 Å². The maximum absolute atomic E-state index is 11.1. The molecular formula is C10H10N2O2. The molecule has 0 atom stereocenters. The van der Waals surface area contributed by atoms with E-state index in [-0.39, 0.29) is 5.78 Å². The SMILES string of the molecule is COc1cccc2[nH]c(C(C)=O)nc12. The summed E-state index contributed by atoms with van der Waals surface area (Å²) >= 11 is 0. The Morgan fingerprint density at radius 3 is 2.93 bits per heavy atom. The number of Topliss-reactive ketones (excluding diaryl/α,β-unsaturated/α-hetero) is 1. The fourth-order valence-electron chi connectivity index (χ4n) is 1.34. The molecule has 0 aliphatic carbocycles. The summed E-state index contributed by atoms with van der Waals surface area (Å²) in [4.78, 5) is 18.2. The Kier molecular flexibility index (Phi) is 1.96. The number of carbonyl (C=O) groups excluding carboxylic acids is 1. The molecule has 0 fully saturated rings. The highest BCUT2D eigenvalue weighted by Crippen LogP contribution is 2.22. The molecular weight excluding hydrogens is 180 g/mol. The second kappa shape index (κ2) is 3.14. The molecule has 2 aromatic rings. The van der Waals surface area contributed by atoms with E-state index in [9.17, 15) is 4.79 Å². The number of rotatable bonds is 2. The number of hydrogen-bond donors (Lipinski definition) is 1. The van der Waals surface area contributed by atoms with Gasteiger partial charge in [0.05, 0.1) is 12.6 Å². The molecule has 1 aromatic heterocycles. The van der Waals surface area contributed by atoms with Gasteiger partial charge in [-0.3, -0.25) is 4.79 Å². The van der Waals surface area contributed by atoms with E-state index < -0.39 is 0 Å². The van der Waals surface area contributed by atoms with Crippen LogP contribution < -0.4 is 4.74 Å². The fourth-order valence-corrected chi connectivity index (χ4v) is 1.34. The predicted molar refractivity (Wildman–Crippen MR) is 52.7 cm³/mol. The normalized spacial score (nSPS) is 10.4. The minimum Gasteiger partial charge on any atom is -0.494 e. The number of nitrogens with one attached hydrogen (secondary N) is 1. The van der Waals surface area contributed by atoms with E-state index >= 15 is 0 Å². The van der Waals surface area contributed by atoms with Crippen molar-refractivity contribution in [3.8, 4) is 5.75 Å². The summed E-state index contributed by atoms with van der Waals surface area (Å²) < 4.78 is 5.13. The Balaban J connectivity index is 2.70. The van der Waals surface area contributed by atoms with Crippen molar-refractivity contribution in [3.63, 3.8) is 0 Å². The van der Waals surface area contributed by atoms with E-state index in [2.05, 4.69) is 9.97 Å². The van der Waals surface area contributed by atoms with Crippen molar-refractivity contribution in [2.75, 3.05) is 7.11 Å². The van der Waals surface area contributed by atoms with Gasteiger partial charge in [-0.2, -0.15) is 0 Å². The van der Waals surface area contributed by atoms with Crippen LogP contribution in [-0.4, -0.2) is 22.9 Å². The van der Waals surface area contributed by atoms with E-state index in [1.165, 1.54) is 6.92 Å². The molecule has 4 heteroatoms. The van der Waals surface area contributed by atoms with Crippen molar-refractivity contribution < 1.29 is 9.53 Å². The Labute approximate surface area is 80.9 Å². The van der Waals surface area contributed by atoms with Gasteiger partial charge in [0, 0.05) is 6.92 Å². The maximum Gasteiger partial charge on any atom is 0.195 e. The summed E-state index contributed by atoms with van der Waals surface area (Å²) in [6.45, 7) is 1.48. The van der Waals surface area contributed by atoms with Crippen LogP contribution in [0.4, 0.5) is 0 Å². The van der Waals surface area contributed by atoms with Gasteiger partial charge in [0.1, 0.15) is 11.3 Å². The van der Waals surface area contributed by atoms with Gasteiger partial charge in [-0.05, 0) is 12.1 Å². The Hall–Kier alpha value is -1.84. The standard InChI is InChI=1S/C10H10N2O2/c1-6(13)10-11-7-4-3-5-8(14-2)9(7)12-10/h3-5H,1-2H3,(H,11,12). The molecule has 14 heavy (non-hydrogen) atoms. The van der Waals surface area contributed by atoms with E-state index in [1.54, 1.807) is 7.11 Å². The van der Waals surface area contributed by atoms with Crippen LogP contribution >= 0.6 is 0 Å². The largest absolute Gasteiger partial charge is 0.494 e. The zero-order valence-corrected chi connectivity index (χ0v) is 8.00. The third kappa shape index (κ3) is 1.25. The summed E-state index contributed by atoms with van der Waals surface area (Å²) in [6, 6.07) is 5.52. The number of imidazole rings is 1. The summed E-state index contributed by atoms with van der Waals surface area (Å²) in [5.74, 6) is 0.957. The van der Waals surface area contributed by atoms with Crippen LogP contribution in [0.5, 0.6) is 5.75 Å². The molecule has 0 saturated heterocycles. The molecule has 2 rings (SSSR count). The van der Waals surface area contributed by atoms with E-state index in [0.717, 1.165) is 5.52 Å². The second-order valence-corrected chi connectivity index (χ2v) is 3.00. The van der Waals surface area contributed by atoms with Gasteiger partial charge in [0.15, 0.2) is 11.6 Å². The second-order valence-electron chi connectivity index (χ2n) is 3.00. The number of hydrogen-bond acceptors (Lipinski definition) is 3. The van der Waals surface area contributed by atoms with Crippen LogP contribution in [0.2, 0.25) is 0 Å². The number of para-hydroxylation sites is 1. The number of aromatic amines is 1. The summed E-state index contributed by atoms with van der Waals surface area (Å²) in [5.41, 5.74) is 1.51. The Morgan fingerprint density at radius 1 is 1.50 bits per heavy atom. The van der Waals surface area contributed by atoms with Gasteiger partial charge in [-0.15, -0.1) is 0 Å². The summed E-state index contributed by atoms with van der Waals surface area (Å²) in [7, 11) is 1.58. The van der Waals surface area contributed by atoms with Crippen LogP contribution in [0.1, 0.15) is 17.5 Å². The van der Waals surface area contributed by atoms with Crippen molar-refractivity contribution in [3.05, 3.63) is 24.0 Å². The van der Waals surface area contributed by atoms with Crippen molar-refractivity contribution in [1.82, 2.24) is 9.97 Å². The number of aromatic nitrogens is 2. The molecule has 1 N–H and O–H groups in total. The predicted octanol–water partition coefficient (Wildman–Crippen LogP) is 1.77. The number of carbonyl (C=O) groups is 1. The highest BCUT2D eigenvalue weighted by molar-refractivity contribution is 5.95. The van der Waals surface area contributed by atoms with Crippen LogP contribution in [0.15, 0.2) is 18.2 Å². The number of ether oxygens (including phenoxy) is 1. The topological polar surface area (TPSA) is 55.0 Å². The van der Waals surface area contributed by atoms with E-state index in [0.29, 0.717) is 17.1 Å². The number of benzene rings is 1. The van der Waals surface area contributed by atoms with Crippen molar-refractivity contribution in [1.29, 1.82) is 0 Å². The fraction of sp³-hybridized carbons (Fsp3) is 0.200. The Morgan fingerprint density at radius 2 is 2.29 bits per heavy atom. The first-order chi connectivity index (χ1) is 6.72. The molecule has 0 unspecified atom stereocenters. The lowest BCUT2D eigenvalue weighted by Crippen LogP contribution is -1.93. The monoisotopic (exact) mass is 190 g/mol. The van der Waals surface area contributed by atoms with Crippen LogP contribution in [-0.2, 0) is 0 Å². The zero-order chi connectivity index (χ0) is 10.1. The molecule has 4 nitrogen and oxygen atoms in total. The average Bonchev–Trinajstić information content (AvgIpc) is 2.60. The molecule has 0 spiro atoms. The molecule has 0 aliphatic heterocycles. The van der Waals surface area contributed by atoms with Crippen molar-refractivity contribution in [2.24, 2.45) is 0 Å². The highest BCUT2D eigenvalue weighted by atomic mass is 16.5. The number of nitrogens with zero attached hydrogens (tertiary/aromatic N) is 1. The number of H-pyrrole nitrogens is 1. The number of ketones is 1. The number of methoxy groups -OCH3 is 1. The lowest BCUT2D eigenvalue weighted by molar-refractivity contribution is 0.100. The minimum absolute atomic E-state index is 0.0803. The molecule has 1 heterocycles. The molecule has 72 valence electrons. The smallest absolute Gasteiger partial charge is 0.195 e. The lowest BCUT2D eigenvalue weighted by atomic mass is 10.3. The minimum atomic E-state index is -0.0803. The first kappa shape index (κ1) is 8.74. The van der Waals surface area contributed by atoms with Crippen LogP contribution in [0.25, 0.3) is 11.0 Å². The van der Waals surface area contributed by atoms with E-state index in [1.807, 2.05) is 18.2 Å². The van der Waals surface area contributed by atoms with Gasteiger partial charge in [0.25, 0.3) is 0 Å². The lowest BCUT2D eigenvalue weighted by Gasteiger charge is -1.97. The first-order valence-corrected chi connectivity index (χ1v) is 4.26. The van der Waals surface area contributed by atoms with E-state index in [4.69, 9.17) is 4.74 Å². The van der Waals surface area contributed by atoms with Crippen LogP contribution in [0, 0.1) is 0 Å². The Bertz CT molecular complexity index is 488. The summed E-state index contributed by atoms with van der Waals surface area (Å²) in [6.07, 6.45) is 0. The van der Waals surface area contributed by atoms with Gasteiger partial charge in [0.2, 0.25) is 0 Å². The molecule has 0 amide bonds. The maximum atomic E-state index is 11.1. The molecule has 0 saturated carbocycles.